The summed E-state index contributed by atoms with van der Waals surface area (Å²) in [5.41, 5.74) is 5.73. The van der Waals surface area contributed by atoms with Crippen molar-refractivity contribution in [2.75, 3.05) is 5.73 Å². The van der Waals surface area contributed by atoms with Crippen molar-refractivity contribution in [1.82, 2.24) is 9.97 Å². The zero-order valence-electron chi connectivity index (χ0n) is 9.94. The predicted octanol–water partition coefficient (Wildman–Crippen LogP) is 3.04. The Morgan fingerprint density at radius 2 is 2.19 bits per heavy atom. The Bertz CT molecular complexity index is 347. The molecule has 88 valence electrons. The standard InChI is InChI=1S/C12H19N3S/c1-8-4-3-5-10(6-8)16-12-7-11(13)14-9(2)15-12/h7-8,10H,3-6H2,1-2H3,(H2,13,14,15). The van der Waals surface area contributed by atoms with Crippen LogP contribution < -0.4 is 5.73 Å². The maximum Gasteiger partial charge on any atom is 0.128 e. The van der Waals surface area contributed by atoms with Crippen molar-refractivity contribution in [3.63, 3.8) is 0 Å². The van der Waals surface area contributed by atoms with Crippen molar-refractivity contribution in [2.45, 2.75) is 49.8 Å². The monoisotopic (exact) mass is 237 g/mol. The first-order valence-electron chi connectivity index (χ1n) is 5.91. The fourth-order valence-electron chi connectivity index (χ4n) is 2.28. The second-order valence-corrected chi connectivity index (χ2v) is 6.01. The van der Waals surface area contributed by atoms with E-state index in [4.69, 9.17) is 5.73 Å². The number of rotatable bonds is 2. The van der Waals surface area contributed by atoms with Crippen LogP contribution in [0.2, 0.25) is 0 Å². The van der Waals surface area contributed by atoms with Gasteiger partial charge in [-0.2, -0.15) is 0 Å². The van der Waals surface area contributed by atoms with Crippen LogP contribution in [-0.2, 0) is 0 Å². The Labute approximate surface area is 101 Å². The van der Waals surface area contributed by atoms with Crippen LogP contribution in [0.4, 0.5) is 5.82 Å². The van der Waals surface area contributed by atoms with Gasteiger partial charge in [-0.05, 0) is 25.7 Å². The molecule has 1 heterocycles. The van der Waals surface area contributed by atoms with Gasteiger partial charge in [0.05, 0.1) is 0 Å². The smallest absolute Gasteiger partial charge is 0.128 e. The highest BCUT2D eigenvalue weighted by molar-refractivity contribution is 7.99. The van der Waals surface area contributed by atoms with Crippen LogP contribution in [0.5, 0.6) is 0 Å². The van der Waals surface area contributed by atoms with E-state index in [0.29, 0.717) is 11.1 Å². The maximum absolute atomic E-state index is 5.73. The molecule has 0 saturated heterocycles. The van der Waals surface area contributed by atoms with E-state index in [9.17, 15) is 0 Å². The summed E-state index contributed by atoms with van der Waals surface area (Å²) >= 11 is 1.87. The van der Waals surface area contributed by atoms with Crippen LogP contribution >= 0.6 is 11.8 Å². The molecule has 3 nitrogen and oxygen atoms in total. The zero-order valence-corrected chi connectivity index (χ0v) is 10.8. The lowest BCUT2D eigenvalue weighted by Crippen LogP contribution is -2.15. The Morgan fingerprint density at radius 1 is 1.38 bits per heavy atom. The van der Waals surface area contributed by atoms with Crippen LogP contribution in [0.25, 0.3) is 0 Å². The van der Waals surface area contributed by atoms with Crippen molar-refractivity contribution < 1.29 is 0 Å². The van der Waals surface area contributed by atoms with Crippen LogP contribution in [0.15, 0.2) is 11.1 Å². The van der Waals surface area contributed by atoms with Gasteiger partial charge in [-0.15, -0.1) is 11.8 Å². The largest absolute Gasteiger partial charge is 0.384 e. The molecule has 16 heavy (non-hydrogen) atoms. The molecule has 1 aliphatic rings. The lowest BCUT2D eigenvalue weighted by Gasteiger charge is -2.25. The second-order valence-electron chi connectivity index (χ2n) is 4.69. The molecule has 1 aromatic heterocycles. The lowest BCUT2D eigenvalue weighted by atomic mass is 9.91. The molecule has 2 N–H and O–H groups in total. The molecule has 0 spiro atoms. The lowest BCUT2D eigenvalue weighted by molar-refractivity contribution is 0.394. The molecule has 0 aliphatic heterocycles. The van der Waals surface area contributed by atoms with E-state index in [1.54, 1.807) is 0 Å². The van der Waals surface area contributed by atoms with E-state index >= 15 is 0 Å². The summed E-state index contributed by atoms with van der Waals surface area (Å²) in [7, 11) is 0. The number of anilines is 1. The number of hydrogen-bond acceptors (Lipinski definition) is 4. The van der Waals surface area contributed by atoms with Crippen molar-refractivity contribution in [3.05, 3.63) is 11.9 Å². The predicted molar refractivity (Wildman–Crippen MR) is 68.5 cm³/mol. The Balaban J connectivity index is 2.02. The number of aromatic nitrogens is 2. The van der Waals surface area contributed by atoms with Crippen LogP contribution in [-0.4, -0.2) is 15.2 Å². The van der Waals surface area contributed by atoms with E-state index in [0.717, 1.165) is 16.8 Å². The molecule has 4 heteroatoms. The van der Waals surface area contributed by atoms with Crippen molar-refractivity contribution >= 4 is 17.6 Å². The Hall–Kier alpha value is -0.770. The highest BCUT2D eigenvalue weighted by Gasteiger charge is 2.20. The topological polar surface area (TPSA) is 51.8 Å². The number of thioether (sulfide) groups is 1. The quantitative estimate of drug-likeness (QED) is 0.803. The number of hydrogen-bond donors (Lipinski definition) is 1. The van der Waals surface area contributed by atoms with Gasteiger partial charge in [0.1, 0.15) is 16.7 Å². The van der Waals surface area contributed by atoms with Gasteiger partial charge in [0.2, 0.25) is 0 Å². The van der Waals surface area contributed by atoms with Gasteiger partial charge in [-0.3, -0.25) is 0 Å². The first-order chi connectivity index (χ1) is 7.63. The van der Waals surface area contributed by atoms with Gasteiger partial charge in [0, 0.05) is 11.3 Å². The fourth-order valence-corrected chi connectivity index (χ4v) is 3.70. The summed E-state index contributed by atoms with van der Waals surface area (Å²) in [5, 5.41) is 1.74. The molecule has 0 amide bonds. The van der Waals surface area contributed by atoms with E-state index in [2.05, 4.69) is 16.9 Å². The van der Waals surface area contributed by atoms with Gasteiger partial charge in [-0.25, -0.2) is 9.97 Å². The van der Waals surface area contributed by atoms with Crippen LogP contribution in [0.1, 0.15) is 38.4 Å². The zero-order chi connectivity index (χ0) is 11.5. The fraction of sp³-hybridized carbons (Fsp3) is 0.667. The molecule has 1 aliphatic carbocycles. The normalized spacial score (nSPS) is 25.6. The number of nitrogen functional groups attached to an aromatic ring is 1. The van der Waals surface area contributed by atoms with Gasteiger partial charge < -0.3 is 5.73 Å². The van der Waals surface area contributed by atoms with Crippen LogP contribution in [0.3, 0.4) is 0 Å². The second kappa shape index (κ2) is 5.04. The molecule has 1 saturated carbocycles. The molecule has 1 fully saturated rings. The maximum atomic E-state index is 5.73. The third-order valence-corrected chi connectivity index (χ3v) is 4.22. The minimum atomic E-state index is 0.582. The van der Waals surface area contributed by atoms with Gasteiger partial charge in [0.25, 0.3) is 0 Å². The summed E-state index contributed by atoms with van der Waals surface area (Å²) in [6.45, 7) is 4.23. The molecule has 2 atom stereocenters. The van der Waals surface area contributed by atoms with Crippen molar-refractivity contribution in [2.24, 2.45) is 5.92 Å². The molecule has 0 radical (unpaired) electrons. The highest BCUT2D eigenvalue weighted by atomic mass is 32.2. The number of aryl methyl sites for hydroxylation is 1. The first kappa shape index (κ1) is 11.7. The average molecular weight is 237 g/mol. The molecular weight excluding hydrogens is 218 g/mol. The highest BCUT2D eigenvalue weighted by Crippen LogP contribution is 2.35. The van der Waals surface area contributed by atoms with Crippen molar-refractivity contribution in [3.8, 4) is 0 Å². The summed E-state index contributed by atoms with van der Waals surface area (Å²) in [5.74, 6) is 2.21. The minimum Gasteiger partial charge on any atom is -0.384 e. The molecule has 0 aromatic carbocycles. The molecule has 2 unspecified atom stereocenters. The van der Waals surface area contributed by atoms with Crippen LogP contribution in [0, 0.1) is 12.8 Å². The molecule has 0 bridgehead atoms. The van der Waals surface area contributed by atoms with Gasteiger partial charge in [-0.1, -0.05) is 19.8 Å². The van der Waals surface area contributed by atoms with E-state index in [1.165, 1.54) is 25.7 Å². The molecule has 2 rings (SSSR count). The third kappa shape index (κ3) is 3.11. The van der Waals surface area contributed by atoms with E-state index in [-0.39, 0.29) is 0 Å². The number of nitrogens with zero attached hydrogens (tertiary/aromatic N) is 2. The Kier molecular flexibility index (Phi) is 3.69. The summed E-state index contributed by atoms with van der Waals surface area (Å²) < 4.78 is 0. The summed E-state index contributed by atoms with van der Waals surface area (Å²) in [6.07, 6.45) is 5.33. The number of nitrogens with two attached hydrogens (primary N) is 1. The molecule has 1 aromatic rings. The average Bonchev–Trinajstić information content (AvgIpc) is 2.15. The molecular formula is C12H19N3S. The van der Waals surface area contributed by atoms with E-state index < -0.39 is 0 Å². The summed E-state index contributed by atoms with van der Waals surface area (Å²) in [4.78, 5) is 8.52. The third-order valence-electron chi connectivity index (χ3n) is 3.01. The first-order valence-corrected chi connectivity index (χ1v) is 6.79. The minimum absolute atomic E-state index is 0.582. The SMILES string of the molecule is Cc1nc(N)cc(SC2CCCC(C)C2)n1. The van der Waals surface area contributed by atoms with Gasteiger partial charge in [0.15, 0.2) is 0 Å². The Morgan fingerprint density at radius 3 is 2.88 bits per heavy atom. The van der Waals surface area contributed by atoms with Crippen molar-refractivity contribution in [1.29, 1.82) is 0 Å². The van der Waals surface area contributed by atoms with Gasteiger partial charge >= 0.3 is 0 Å². The van der Waals surface area contributed by atoms with E-state index in [1.807, 2.05) is 24.8 Å². The summed E-state index contributed by atoms with van der Waals surface area (Å²) in [6, 6.07) is 1.89.